The summed E-state index contributed by atoms with van der Waals surface area (Å²) in [5.41, 5.74) is -2.83. The van der Waals surface area contributed by atoms with Crippen molar-refractivity contribution in [2.45, 2.75) is 129 Å². The van der Waals surface area contributed by atoms with E-state index in [0.29, 0.717) is 22.1 Å². The molecule has 0 spiro atoms. The van der Waals surface area contributed by atoms with Crippen molar-refractivity contribution in [2.24, 2.45) is 30.7 Å². The Hall–Kier alpha value is -3.86. The molecule has 3 saturated heterocycles. The Morgan fingerprint density at radius 3 is 2.46 bits per heavy atom. The molecule has 0 aromatic carbocycles. The van der Waals surface area contributed by atoms with Crippen LogP contribution >= 0.6 is 11.3 Å². The molecule has 18 heteroatoms. The first-order valence-electron chi connectivity index (χ1n) is 19.0. The van der Waals surface area contributed by atoms with Gasteiger partial charge < -0.3 is 39.0 Å². The molecule has 308 valence electrons. The normalized spacial score (nSPS) is 37.2. The van der Waals surface area contributed by atoms with Gasteiger partial charge in [0, 0.05) is 23.8 Å². The molecular weight excluding hydrogens is 747 g/mol. The Labute approximate surface area is 331 Å². The van der Waals surface area contributed by atoms with Crippen LogP contribution in [0.25, 0.3) is 10.8 Å². The third kappa shape index (κ3) is 8.98. The molecule has 0 bridgehead atoms. The van der Waals surface area contributed by atoms with Gasteiger partial charge in [0.05, 0.1) is 42.0 Å². The third-order valence-electron chi connectivity index (χ3n) is 11.4. The van der Waals surface area contributed by atoms with Gasteiger partial charge >= 0.3 is 12.1 Å². The summed E-state index contributed by atoms with van der Waals surface area (Å²) in [6, 6.07) is -1.18. The molecule has 2 aromatic rings. The van der Waals surface area contributed by atoms with E-state index in [0.717, 1.165) is 0 Å². The molecule has 0 saturated carbocycles. The van der Waals surface area contributed by atoms with E-state index in [2.05, 4.69) is 37.6 Å². The number of ether oxygens (including phenoxy) is 5. The fourth-order valence-corrected chi connectivity index (χ4v) is 8.97. The maximum Gasteiger partial charge on any atom is 0.408 e. The molecule has 1 amide bonds. The number of aliphatic hydroxyl groups excluding tert-OH is 1. The van der Waals surface area contributed by atoms with Crippen molar-refractivity contribution < 1.29 is 48.0 Å². The Bertz CT molecular complexity index is 1830. The van der Waals surface area contributed by atoms with Crippen LogP contribution in [0.2, 0.25) is 0 Å². The van der Waals surface area contributed by atoms with E-state index in [4.69, 9.17) is 23.7 Å². The maximum absolute atomic E-state index is 14.4. The van der Waals surface area contributed by atoms with Crippen molar-refractivity contribution in [1.82, 2.24) is 35.4 Å². The number of nitrogens with zero attached hydrogens (tertiary/aromatic N) is 6. The van der Waals surface area contributed by atoms with Crippen molar-refractivity contribution in [3.8, 4) is 22.7 Å². The number of thiazole rings is 1. The van der Waals surface area contributed by atoms with Crippen molar-refractivity contribution in [2.75, 3.05) is 20.7 Å². The van der Waals surface area contributed by atoms with Crippen molar-refractivity contribution in [3.63, 3.8) is 0 Å². The number of carbonyl (C=O) groups excluding carboxylic acids is 4. The van der Waals surface area contributed by atoms with Gasteiger partial charge in [-0.1, -0.05) is 39.5 Å². The van der Waals surface area contributed by atoms with Crippen LogP contribution in [0, 0.1) is 35.5 Å². The van der Waals surface area contributed by atoms with Gasteiger partial charge in [0.2, 0.25) is 5.82 Å². The fraction of sp³-hybridized carbons (Fsp3) is 0.737. The number of likely N-dealkylation sites (N-methyl/N-ethyl adjacent to an activating group) is 1. The molecule has 17 nitrogen and oxygen atoms in total. The minimum atomic E-state index is -1.43. The Morgan fingerprint density at radius 1 is 1.11 bits per heavy atom. The van der Waals surface area contributed by atoms with Crippen molar-refractivity contribution >= 4 is 35.0 Å². The van der Waals surface area contributed by atoms with E-state index < -0.39 is 83.4 Å². The number of alkyl carbamates (subject to hydrolysis) is 1. The van der Waals surface area contributed by atoms with E-state index in [1.54, 1.807) is 54.8 Å². The van der Waals surface area contributed by atoms with E-state index in [1.807, 2.05) is 25.9 Å². The van der Waals surface area contributed by atoms with Crippen molar-refractivity contribution in [1.29, 1.82) is 0 Å². The van der Waals surface area contributed by atoms with Crippen LogP contribution in [0.5, 0.6) is 0 Å². The van der Waals surface area contributed by atoms with Crippen LogP contribution in [0.3, 0.4) is 0 Å². The quantitative estimate of drug-likeness (QED) is 0.235. The summed E-state index contributed by atoms with van der Waals surface area (Å²) in [5.74, 6) is 1.09. The molecule has 2 aromatic heterocycles. The molecule has 3 aliphatic heterocycles. The standard InChI is InChI=1S/C38H55N7O10S/c1-12-26-38(8)30(40-36(50)55-38)21(4)27(46)19(2)17-37(7,51-15-13-14-24-18-39-33(56-24)32-41-43-45(11)42-32)31(22(5)28(47)23(6)34(49)53-26)54-35-29(48)25(44(9)10)16-20(3)52-35/h18-23,25-26,29-31,35,48H,12,15-17H2,1-11H3,(H,40,50)/t19-,20-,21+,22+,23-,25+,26-,29-,30-,31-,35+,37+,38-/m1/s1. The number of ketones is 2. The van der Waals surface area contributed by atoms with E-state index in [-0.39, 0.29) is 37.4 Å². The van der Waals surface area contributed by atoms with Crippen LogP contribution in [-0.2, 0) is 45.1 Å². The first kappa shape index (κ1) is 43.3. The molecule has 0 radical (unpaired) electrons. The first-order chi connectivity index (χ1) is 26.3. The SMILES string of the molecule is CC[C@H]1OC(=O)[C@H](C)C(=O)[C@H](C)[C@@H](O[C@@H]2O[C@H](C)C[C@H](N(C)C)[C@H]2O)[C@@](C)(OCC#Cc2cnc(-c3nnn(C)n3)s2)C[C@@H](C)C(=O)[C@H](C)[C@H]2NC(=O)O[C@@]21C. The number of esters is 1. The molecule has 13 atom stereocenters. The molecule has 56 heavy (non-hydrogen) atoms. The number of hydrogen-bond acceptors (Lipinski definition) is 16. The molecule has 0 aliphatic carbocycles. The molecule has 0 unspecified atom stereocenters. The van der Waals surface area contributed by atoms with Crippen LogP contribution in [0.1, 0.15) is 79.5 Å². The zero-order valence-corrected chi connectivity index (χ0v) is 34.8. The highest BCUT2D eigenvalue weighted by atomic mass is 32.1. The number of cyclic esters (lactones) is 1. The number of aryl methyl sites for hydroxylation is 1. The van der Waals surface area contributed by atoms with Gasteiger partial charge in [0.25, 0.3) is 0 Å². The lowest BCUT2D eigenvalue weighted by Crippen LogP contribution is -2.60. The molecule has 2 N–H and O–H groups in total. The summed E-state index contributed by atoms with van der Waals surface area (Å²) in [6.07, 6.45) is -3.05. The van der Waals surface area contributed by atoms with Gasteiger partial charge in [-0.25, -0.2) is 9.78 Å². The average molecular weight is 802 g/mol. The topological polar surface area (TPSA) is 206 Å². The Kier molecular flexibility index (Phi) is 13.4. The molecule has 3 fully saturated rings. The van der Waals surface area contributed by atoms with Gasteiger partial charge in [0.15, 0.2) is 22.7 Å². The maximum atomic E-state index is 14.4. The van der Waals surface area contributed by atoms with Crippen molar-refractivity contribution in [3.05, 3.63) is 11.1 Å². The summed E-state index contributed by atoms with van der Waals surface area (Å²) in [7, 11) is 5.36. The second-order valence-corrected chi connectivity index (χ2v) is 16.9. The minimum absolute atomic E-state index is 0.0347. The first-order valence-corrected chi connectivity index (χ1v) is 19.9. The monoisotopic (exact) mass is 801 g/mol. The third-order valence-corrected chi connectivity index (χ3v) is 12.3. The molecule has 5 heterocycles. The number of amides is 1. The summed E-state index contributed by atoms with van der Waals surface area (Å²) >= 11 is 1.28. The van der Waals surface area contributed by atoms with Crippen LogP contribution in [0.15, 0.2) is 6.20 Å². The van der Waals surface area contributed by atoms with Gasteiger partial charge in [-0.3, -0.25) is 14.4 Å². The number of tetrazole rings is 1. The Morgan fingerprint density at radius 2 is 1.82 bits per heavy atom. The number of rotatable bonds is 7. The number of fused-ring (bicyclic) bond motifs is 1. The molecule has 5 rings (SSSR count). The van der Waals surface area contributed by atoms with Gasteiger partial charge in [0.1, 0.15) is 30.5 Å². The fourth-order valence-electron chi connectivity index (χ4n) is 8.26. The zero-order valence-electron chi connectivity index (χ0n) is 34.0. The Balaban J connectivity index is 1.55. The van der Waals surface area contributed by atoms with E-state index in [9.17, 15) is 24.3 Å². The smallest absolute Gasteiger partial charge is 0.408 e. The highest BCUT2D eigenvalue weighted by Gasteiger charge is 2.57. The lowest BCUT2D eigenvalue weighted by Gasteiger charge is -2.47. The number of carbonyl (C=O) groups is 4. The largest absolute Gasteiger partial charge is 0.458 e. The summed E-state index contributed by atoms with van der Waals surface area (Å²) in [5, 5.41) is 26.9. The van der Waals surface area contributed by atoms with Crippen LogP contribution in [0.4, 0.5) is 4.79 Å². The summed E-state index contributed by atoms with van der Waals surface area (Å²) in [4.78, 5) is 63.5. The van der Waals surface area contributed by atoms with Crippen LogP contribution in [-0.4, -0.2) is 134 Å². The summed E-state index contributed by atoms with van der Waals surface area (Å²) < 4.78 is 31.2. The minimum Gasteiger partial charge on any atom is -0.458 e. The number of aromatic nitrogens is 5. The van der Waals surface area contributed by atoms with Gasteiger partial charge in [-0.2, -0.15) is 4.80 Å². The van der Waals surface area contributed by atoms with Crippen LogP contribution < -0.4 is 5.32 Å². The van der Waals surface area contributed by atoms with E-state index in [1.165, 1.54) is 23.1 Å². The predicted octanol–water partition coefficient (Wildman–Crippen LogP) is 2.55. The average Bonchev–Trinajstić information content (AvgIpc) is 3.88. The number of Topliss-reactive ketones (excluding diaryl/α,β-unsaturated/α-hetero) is 2. The second-order valence-electron chi connectivity index (χ2n) is 15.9. The van der Waals surface area contributed by atoms with Gasteiger partial charge in [-0.05, 0) is 66.3 Å². The number of nitrogens with one attached hydrogen (secondary N) is 1. The number of hydrogen-bond donors (Lipinski definition) is 2. The van der Waals surface area contributed by atoms with Gasteiger partial charge in [-0.15, -0.1) is 21.5 Å². The lowest BCUT2D eigenvalue weighted by molar-refractivity contribution is -0.296. The highest BCUT2D eigenvalue weighted by Crippen LogP contribution is 2.40. The second kappa shape index (κ2) is 17.3. The van der Waals surface area contributed by atoms with E-state index >= 15 is 0 Å². The molecule has 3 aliphatic rings. The predicted molar refractivity (Wildman–Crippen MR) is 202 cm³/mol. The highest BCUT2D eigenvalue weighted by molar-refractivity contribution is 7.15. The summed E-state index contributed by atoms with van der Waals surface area (Å²) in [6.45, 7) is 13.4. The number of aliphatic hydroxyl groups is 1. The molecular formula is C38H55N7O10S. The lowest BCUT2D eigenvalue weighted by atomic mass is 9.73. The zero-order chi connectivity index (χ0) is 41.3.